The third-order valence-electron chi connectivity index (χ3n) is 4.92. The topological polar surface area (TPSA) is 52.6 Å². The second kappa shape index (κ2) is 10.6. The molecule has 0 saturated heterocycles. The van der Waals surface area contributed by atoms with Gasteiger partial charge in [-0.3, -0.25) is 9.59 Å². The molecule has 3 aromatic rings. The summed E-state index contributed by atoms with van der Waals surface area (Å²) in [5.41, 5.74) is 5.40. The number of carbonyl (C=O) groups excluding carboxylic acids is 2. The van der Waals surface area contributed by atoms with Crippen LogP contribution in [0.5, 0.6) is 0 Å². The molecule has 0 aliphatic carbocycles. The Bertz CT molecular complexity index is 951. The number of rotatable bonds is 6. The van der Waals surface area contributed by atoms with Crippen molar-refractivity contribution in [3.8, 4) is 0 Å². The van der Waals surface area contributed by atoms with Crippen LogP contribution in [0.3, 0.4) is 0 Å². The van der Waals surface area contributed by atoms with E-state index >= 15 is 0 Å². The van der Waals surface area contributed by atoms with Crippen molar-refractivity contribution in [2.75, 3.05) is 14.2 Å². The standard InChI is InChI=1S/C16H16O3.C10H12O/c1-18-16(19-2,14-11-7-4-8-12-14)15(17)13-9-5-3-6-10-13;1-7-4-8(2)10(6-11)9(3)5-7/h3-12H,1-2H3;4-6H,1-3H3. The number of aryl methyl sites for hydroxylation is 3. The quantitative estimate of drug-likeness (QED) is 0.312. The van der Waals surface area contributed by atoms with Crippen LogP contribution in [0.25, 0.3) is 0 Å². The fourth-order valence-corrected chi connectivity index (χ4v) is 3.45. The minimum Gasteiger partial charge on any atom is -0.343 e. The van der Waals surface area contributed by atoms with E-state index in [-0.39, 0.29) is 5.78 Å². The van der Waals surface area contributed by atoms with Crippen molar-refractivity contribution >= 4 is 12.1 Å². The van der Waals surface area contributed by atoms with Crippen LogP contribution >= 0.6 is 0 Å². The first-order valence-electron chi connectivity index (χ1n) is 9.68. The largest absolute Gasteiger partial charge is 0.343 e. The van der Waals surface area contributed by atoms with Crippen molar-refractivity contribution < 1.29 is 19.1 Å². The molecule has 0 spiro atoms. The van der Waals surface area contributed by atoms with Gasteiger partial charge in [0.2, 0.25) is 5.78 Å². The minimum absolute atomic E-state index is 0.218. The number of aldehydes is 1. The number of benzene rings is 3. The molecule has 0 aliphatic heterocycles. The van der Waals surface area contributed by atoms with E-state index in [4.69, 9.17) is 9.47 Å². The zero-order valence-electron chi connectivity index (χ0n) is 18.1. The number of carbonyl (C=O) groups is 2. The summed E-state index contributed by atoms with van der Waals surface area (Å²) >= 11 is 0. The van der Waals surface area contributed by atoms with Crippen LogP contribution in [0.4, 0.5) is 0 Å². The monoisotopic (exact) mass is 404 g/mol. The fourth-order valence-electron chi connectivity index (χ4n) is 3.45. The number of methoxy groups -OCH3 is 2. The lowest BCUT2D eigenvalue weighted by molar-refractivity contribution is -0.176. The molecule has 0 aliphatic rings. The van der Waals surface area contributed by atoms with Gasteiger partial charge >= 0.3 is 0 Å². The Morgan fingerprint density at radius 1 is 0.800 bits per heavy atom. The Kier molecular flexibility index (Phi) is 8.22. The summed E-state index contributed by atoms with van der Waals surface area (Å²) < 4.78 is 10.8. The predicted octanol–water partition coefficient (Wildman–Crippen LogP) is 5.44. The highest BCUT2D eigenvalue weighted by Crippen LogP contribution is 2.30. The summed E-state index contributed by atoms with van der Waals surface area (Å²) in [6.45, 7) is 5.96. The van der Waals surface area contributed by atoms with Gasteiger partial charge in [0.15, 0.2) is 6.29 Å². The molecule has 0 saturated carbocycles. The summed E-state index contributed by atoms with van der Waals surface area (Å²) in [6, 6.07) is 22.2. The van der Waals surface area contributed by atoms with E-state index < -0.39 is 5.79 Å². The Hall–Kier alpha value is -3.08. The zero-order valence-corrected chi connectivity index (χ0v) is 18.1. The lowest BCUT2D eigenvalue weighted by atomic mass is 9.96. The second-order valence-electron chi connectivity index (χ2n) is 7.02. The molecule has 0 heterocycles. The molecule has 0 atom stereocenters. The van der Waals surface area contributed by atoms with Gasteiger partial charge in [-0.1, -0.05) is 78.4 Å². The SMILES string of the molecule is COC(OC)(C(=O)c1ccccc1)c1ccccc1.Cc1cc(C)c(C=O)c(C)c1. The van der Waals surface area contributed by atoms with Gasteiger partial charge in [0.05, 0.1) is 0 Å². The highest BCUT2D eigenvalue weighted by Gasteiger charge is 2.41. The Morgan fingerprint density at radius 3 is 1.70 bits per heavy atom. The van der Waals surface area contributed by atoms with Gasteiger partial charge in [-0.25, -0.2) is 0 Å². The van der Waals surface area contributed by atoms with Crippen LogP contribution in [0.15, 0.2) is 72.8 Å². The van der Waals surface area contributed by atoms with Crippen molar-refractivity contribution in [3.63, 3.8) is 0 Å². The molecule has 0 unspecified atom stereocenters. The van der Waals surface area contributed by atoms with E-state index in [1.54, 1.807) is 12.1 Å². The smallest absolute Gasteiger partial charge is 0.260 e. The molecule has 30 heavy (non-hydrogen) atoms. The van der Waals surface area contributed by atoms with E-state index in [2.05, 4.69) is 0 Å². The summed E-state index contributed by atoms with van der Waals surface area (Å²) in [5, 5.41) is 0. The van der Waals surface area contributed by atoms with Gasteiger partial charge in [-0.05, 0) is 31.9 Å². The van der Waals surface area contributed by atoms with Gasteiger partial charge < -0.3 is 9.47 Å². The van der Waals surface area contributed by atoms with E-state index in [0.717, 1.165) is 23.0 Å². The average molecular weight is 405 g/mol. The highest BCUT2D eigenvalue weighted by atomic mass is 16.7. The van der Waals surface area contributed by atoms with Gasteiger partial charge in [0, 0.05) is 30.9 Å². The first kappa shape index (κ1) is 23.2. The number of Topliss-reactive ketones (excluding diaryl/α,β-unsaturated/α-hetero) is 1. The second-order valence-corrected chi connectivity index (χ2v) is 7.02. The molecular weight excluding hydrogens is 376 g/mol. The predicted molar refractivity (Wildman–Crippen MR) is 119 cm³/mol. The molecule has 4 heteroatoms. The van der Waals surface area contributed by atoms with Crippen LogP contribution in [-0.4, -0.2) is 26.3 Å². The Morgan fingerprint density at radius 2 is 1.27 bits per heavy atom. The lowest BCUT2D eigenvalue weighted by Gasteiger charge is -2.29. The number of hydrogen-bond donors (Lipinski definition) is 0. The molecule has 0 amide bonds. The van der Waals surface area contributed by atoms with Crippen molar-refractivity contribution in [1.29, 1.82) is 0 Å². The molecule has 0 bridgehead atoms. The normalized spacial score (nSPS) is 10.7. The lowest BCUT2D eigenvalue weighted by Crippen LogP contribution is -2.39. The van der Waals surface area contributed by atoms with Crippen molar-refractivity contribution in [2.45, 2.75) is 26.6 Å². The molecular formula is C26H28O4. The van der Waals surface area contributed by atoms with Gasteiger partial charge in [0.1, 0.15) is 0 Å². The van der Waals surface area contributed by atoms with Gasteiger partial charge in [0.25, 0.3) is 5.79 Å². The van der Waals surface area contributed by atoms with Crippen molar-refractivity contribution in [3.05, 3.63) is 106 Å². The minimum atomic E-state index is -1.40. The van der Waals surface area contributed by atoms with Crippen molar-refractivity contribution in [2.24, 2.45) is 0 Å². The van der Waals surface area contributed by atoms with Crippen LogP contribution in [0, 0.1) is 20.8 Å². The Balaban J connectivity index is 0.000000248. The molecule has 0 fully saturated rings. The van der Waals surface area contributed by atoms with E-state index in [9.17, 15) is 9.59 Å². The first-order chi connectivity index (χ1) is 14.4. The first-order valence-corrected chi connectivity index (χ1v) is 9.68. The summed E-state index contributed by atoms with van der Waals surface area (Å²) in [5.74, 6) is -1.62. The molecule has 0 radical (unpaired) electrons. The summed E-state index contributed by atoms with van der Waals surface area (Å²) in [4.78, 5) is 23.2. The molecule has 0 aromatic heterocycles. The fraction of sp³-hybridized carbons (Fsp3) is 0.231. The third-order valence-corrected chi connectivity index (χ3v) is 4.92. The number of hydrogen-bond acceptors (Lipinski definition) is 4. The third kappa shape index (κ3) is 5.09. The summed E-state index contributed by atoms with van der Waals surface area (Å²) in [6.07, 6.45) is 0.921. The molecule has 0 N–H and O–H groups in total. The average Bonchev–Trinajstić information content (AvgIpc) is 2.76. The molecule has 156 valence electrons. The van der Waals surface area contributed by atoms with Crippen LogP contribution in [0.2, 0.25) is 0 Å². The number of ketones is 1. The van der Waals surface area contributed by atoms with E-state index in [0.29, 0.717) is 11.1 Å². The maximum absolute atomic E-state index is 12.7. The van der Waals surface area contributed by atoms with Gasteiger partial charge in [-0.2, -0.15) is 0 Å². The molecule has 3 rings (SSSR count). The van der Waals surface area contributed by atoms with Crippen LogP contribution < -0.4 is 0 Å². The number of ether oxygens (including phenoxy) is 2. The molecule has 4 nitrogen and oxygen atoms in total. The van der Waals surface area contributed by atoms with Gasteiger partial charge in [-0.15, -0.1) is 0 Å². The van der Waals surface area contributed by atoms with E-state index in [1.807, 2.05) is 81.4 Å². The molecule has 3 aromatic carbocycles. The maximum Gasteiger partial charge on any atom is 0.260 e. The van der Waals surface area contributed by atoms with Crippen molar-refractivity contribution in [1.82, 2.24) is 0 Å². The Labute approximate surface area is 178 Å². The van der Waals surface area contributed by atoms with Crippen LogP contribution in [0.1, 0.15) is 43.0 Å². The van der Waals surface area contributed by atoms with Crippen LogP contribution in [-0.2, 0) is 15.3 Å². The summed E-state index contributed by atoms with van der Waals surface area (Å²) in [7, 11) is 2.94. The zero-order chi connectivity index (χ0) is 22.1. The highest BCUT2D eigenvalue weighted by molar-refractivity contribution is 6.02. The maximum atomic E-state index is 12.7. The van der Waals surface area contributed by atoms with E-state index in [1.165, 1.54) is 19.8 Å².